The Hall–Kier alpha value is -1.40. The summed E-state index contributed by atoms with van der Waals surface area (Å²) >= 11 is 0. The second-order valence-corrected chi connectivity index (χ2v) is 3.86. The van der Waals surface area contributed by atoms with Crippen LogP contribution in [0.1, 0.15) is 18.4 Å². The molecule has 0 N–H and O–H groups in total. The molecule has 2 rings (SSSR count). The molecule has 15 heavy (non-hydrogen) atoms. The largest absolute Gasteiger partial charge is 0.379 e. The van der Waals surface area contributed by atoms with Crippen LogP contribution in [-0.4, -0.2) is 13.2 Å². The zero-order valence-electron chi connectivity index (χ0n) is 8.37. The lowest BCUT2D eigenvalue weighted by Gasteiger charge is -2.30. The lowest BCUT2D eigenvalue weighted by Crippen LogP contribution is -2.34. The quantitative estimate of drug-likeness (QED) is 0.705. The van der Waals surface area contributed by atoms with E-state index in [9.17, 15) is 9.65 Å². The molecule has 0 aliphatic carbocycles. The summed E-state index contributed by atoms with van der Waals surface area (Å²) in [5.74, 6) is -0.274. The summed E-state index contributed by atoms with van der Waals surface area (Å²) in [7, 11) is 0. The Kier molecular flexibility index (Phi) is 2.70. The first-order chi connectivity index (χ1) is 7.27. The topological polar surface area (TPSA) is 33.0 Å². The lowest BCUT2D eigenvalue weighted by atomic mass is 9.77. The SMILES string of the molecule is N#CC1(c2ccc(F)cc2)CCCOC1. The maximum atomic E-state index is 12.8. The van der Waals surface area contributed by atoms with Crippen molar-refractivity contribution in [1.29, 1.82) is 5.26 Å². The first-order valence-corrected chi connectivity index (χ1v) is 5.02. The Morgan fingerprint density at radius 2 is 2.07 bits per heavy atom. The Morgan fingerprint density at radius 3 is 2.60 bits per heavy atom. The van der Waals surface area contributed by atoms with Gasteiger partial charge in [0.15, 0.2) is 0 Å². The number of halogens is 1. The molecule has 1 heterocycles. The van der Waals surface area contributed by atoms with E-state index in [4.69, 9.17) is 4.74 Å². The fraction of sp³-hybridized carbons (Fsp3) is 0.417. The van der Waals surface area contributed by atoms with Gasteiger partial charge in [0.05, 0.1) is 12.7 Å². The summed E-state index contributed by atoms with van der Waals surface area (Å²) < 4.78 is 18.1. The van der Waals surface area contributed by atoms with Crippen LogP contribution in [0.4, 0.5) is 4.39 Å². The van der Waals surface area contributed by atoms with Crippen LogP contribution in [0.25, 0.3) is 0 Å². The van der Waals surface area contributed by atoms with Gasteiger partial charge in [-0.2, -0.15) is 5.26 Å². The van der Waals surface area contributed by atoms with Gasteiger partial charge in [-0.3, -0.25) is 0 Å². The maximum Gasteiger partial charge on any atom is 0.123 e. The van der Waals surface area contributed by atoms with Gasteiger partial charge in [0, 0.05) is 6.61 Å². The fourth-order valence-corrected chi connectivity index (χ4v) is 1.94. The molecule has 3 heteroatoms. The van der Waals surface area contributed by atoms with Crippen molar-refractivity contribution in [2.45, 2.75) is 18.3 Å². The number of rotatable bonds is 1. The van der Waals surface area contributed by atoms with Gasteiger partial charge in [-0.05, 0) is 30.5 Å². The van der Waals surface area contributed by atoms with Crippen LogP contribution >= 0.6 is 0 Å². The highest BCUT2D eigenvalue weighted by Crippen LogP contribution is 2.32. The molecule has 1 aliphatic heterocycles. The number of hydrogen-bond acceptors (Lipinski definition) is 2. The van der Waals surface area contributed by atoms with Gasteiger partial charge in [0.25, 0.3) is 0 Å². The molecule has 1 aromatic rings. The van der Waals surface area contributed by atoms with E-state index in [0.717, 1.165) is 18.4 Å². The molecule has 1 aromatic carbocycles. The highest BCUT2D eigenvalue weighted by molar-refractivity contribution is 5.33. The third kappa shape index (κ3) is 1.86. The van der Waals surface area contributed by atoms with Crippen LogP contribution in [-0.2, 0) is 10.2 Å². The van der Waals surface area contributed by atoms with Crippen molar-refractivity contribution in [2.75, 3.05) is 13.2 Å². The van der Waals surface area contributed by atoms with E-state index in [1.807, 2.05) is 0 Å². The average molecular weight is 205 g/mol. The summed E-state index contributed by atoms with van der Waals surface area (Å²) in [5.41, 5.74) is 0.275. The number of nitrogens with zero attached hydrogens (tertiary/aromatic N) is 1. The molecule has 0 spiro atoms. The van der Waals surface area contributed by atoms with Crippen LogP contribution < -0.4 is 0 Å². The van der Waals surface area contributed by atoms with Crippen molar-refractivity contribution < 1.29 is 9.13 Å². The normalized spacial score (nSPS) is 25.9. The monoisotopic (exact) mass is 205 g/mol. The first kappa shape index (κ1) is 10.1. The Balaban J connectivity index is 2.33. The molecule has 1 aliphatic rings. The molecule has 0 amide bonds. The van der Waals surface area contributed by atoms with E-state index in [1.54, 1.807) is 12.1 Å². The van der Waals surface area contributed by atoms with Crippen molar-refractivity contribution in [3.63, 3.8) is 0 Å². The predicted octanol–water partition coefficient (Wildman–Crippen LogP) is 2.40. The number of hydrogen-bond donors (Lipinski definition) is 0. The minimum atomic E-state index is -0.577. The number of benzene rings is 1. The van der Waals surface area contributed by atoms with Crippen molar-refractivity contribution in [3.8, 4) is 6.07 Å². The molecule has 1 fully saturated rings. The van der Waals surface area contributed by atoms with E-state index in [0.29, 0.717) is 13.2 Å². The molecule has 1 unspecified atom stereocenters. The van der Waals surface area contributed by atoms with Crippen molar-refractivity contribution in [1.82, 2.24) is 0 Å². The second-order valence-electron chi connectivity index (χ2n) is 3.86. The Bertz CT molecular complexity index is 374. The highest BCUT2D eigenvalue weighted by atomic mass is 19.1. The fourth-order valence-electron chi connectivity index (χ4n) is 1.94. The van der Waals surface area contributed by atoms with Crippen molar-refractivity contribution in [3.05, 3.63) is 35.6 Å². The molecule has 78 valence electrons. The zero-order valence-corrected chi connectivity index (χ0v) is 8.37. The highest BCUT2D eigenvalue weighted by Gasteiger charge is 2.34. The van der Waals surface area contributed by atoms with Gasteiger partial charge in [0.1, 0.15) is 11.2 Å². The zero-order chi connectivity index (χ0) is 10.7. The van der Waals surface area contributed by atoms with Gasteiger partial charge < -0.3 is 4.74 Å². The summed E-state index contributed by atoms with van der Waals surface area (Å²) in [6.07, 6.45) is 1.67. The van der Waals surface area contributed by atoms with E-state index >= 15 is 0 Å². The van der Waals surface area contributed by atoms with Gasteiger partial charge in [-0.1, -0.05) is 12.1 Å². The van der Waals surface area contributed by atoms with E-state index < -0.39 is 5.41 Å². The molecule has 2 nitrogen and oxygen atoms in total. The third-order valence-electron chi connectivity index (χ3n) is 2.85. The lowest BCUT2D eigenvalue weighted by molar-refractivity contribution is 0.0562. The minimum absolute atomic E-state index is 0.274. The molecule has 0 bridgehead atoms. The Labute approximate surface area is 88.3 Å². The van der Waals surface area contributed by atoms with Crippen LogP contribution in [0.5, 0.6) is 0 Å². The van der Waals surface area contributed by atoms with E-state index in [-0.39, 0.29) is 5.82 Å². The van der Waals surface area contributed by atoms with Gasteiger partial charge in [-0.25, -0.2) is 4.39 Å². The molecular weight excluding hydrogens is 193 g/mol. The van der Waals surface area contributed by atoms with Gasteiger partial charge >= 0.3 is 0 Å². The molecule has 0 aromatic heterocycles. The summed E-state index contributed by atoms with van der Waals surface area (Å²) in [5, 5.41) is 9.24. The third-order valence-corrected chi connectivity index (χ3v) is 2.85. The molecule has 0 saturated carbocycles. The van der Waals surface area contributed by atoms with Gasteiger partial charge in [0.2, 0.25) is 0 Å². The standard InChI is InChI=1S/C12H12FNO/c13-11-4-2-10(3-5-11)12(8-14)6-1-7-15-9-12/h2-5H,1,6-7,9H2. The van der Waals surface area contributed by atoms with Crippen LogP contribution in [0.3, 0.4) is 0 Å². The van der Waals surface area contributed by atoms with Gasteiger partial charge in [-0.15, -0.1) is 0 Å². The average Bonchev–Trinajstić information content (AvgIpc) is 2.31. The Morgan fingerprint density at radius 1 is 1.33 bits per heavy atom. The second kappa shape index (κ2) is 4.00. The molecule has 0 radical (unpaired) electrons. The summed E-state index contributed by atoms with van der Waals surface area (Å²) in [6, 6.07) is 8.44. The minimum Gasteiger partial charge on any atom is -0.379 e. The summed E-state index contributed by atoms with van der Waals surface area (Å²) in [4.78, 5) is 0. The van der Waals surface area contributed by atoms with Crippen LogP contribution in [0, 0.1) is 17.1 Å². The van der Waals surface area contributed by atoms with Crippen molar-refractivity contribution >= 4 is 0 Å². The van der Waals surface area contributed by atoms with E-state index in [2.05, 4.69) is 6.07 Å². The molecule has 1 atom stereocenters. The van der Waals surface area contributed by atoms with Crippen molar-refractivity contribution in [2.24, 2.45) is 0 Å². The van der Waals surface area contributed by atoms with Crippen LogP contribution in [0.15, 0.2) is 24.3 Å². The van der Waals surface area contributed by atoms with Crippen LogP contribution in [0.2, 0.25) is 0 Å². The smallest absolute Gasteiger partial charge is 0.123 e. The number of nitriles is 1. The van der Waals surface area contributed by atoms with E-state index in [1.165, 1.54) is 12.1 Å². The first-order valence-electron chi connectivity index (χ1n) is 5.02. The molecular formula is C12H12FNO. The summed E-state index contributed by atoms with van der Waals surface area (Å²) in [6.45, 7) is 1.12. The molecule has 1 saturated heterocycles. The predicted molar refractivity (Wildman–Crippen MR) is 53.7 cm³/mol. The number of ether oxygens (including phenoxy) is 1. The maximum absolute atomic E-state index is 12.8.